The van der Waals surface area contributed by atoms with Crippen molar-refractivity contribution in [2.24, 2.45) is 0 Å². The first kappa shape index (κ1) is 14.5. The van der Waals surface area contributed by atoms with E-state index in [0.717, 1.165) is 31.4 Å². The molecular weight excluding hydrogens is 240 g/mol. The second-order valence-electron chi connectivity index (χ2n) is 5.81. The largest absolute Gasteiger partial charge is 0.390 e. The third-order valence-electron chi connectivity index (χ3n) is 4.08. The van der Waals surface area contributed by atoms with Crippen LogP contribution in [0.1, 0.15) is 58.2 Å². The molecule has 1 aromatic rings. The Morgan fingerprint density at radius 3 is 2.63 bits per heavy atom. The third kappa shape index (κ3) is 3.18. The van der Waals surface area contributed by atoms with E-state index in [9.17, 15) is 5.11 Å². The summed E-state index contributed by atoms with van der Waals surface area (Å²) in [6, 6.07) is 2.36. The zero-order valence-electron chi connectivity index (χ0n) is 12.3. The Kier molecular flexibility index (Phi) is 4.63. The maximum Gasteiger partial charge on any atom is 0.0943 e. The first-order valence-electron chi connectivity index (χ1n) is 7.43. The predicted octanol–water partition coefficient (Wildman–Crippen LogP) is 2.72. The van der Waals surface area contributed by atoms with Crippen LogP contribution in [0.2, 0.25) is 0 Å². The number of hydrogen-bond acceptors (Lipinski definition) is 3. The molecule has 1 atom stereocenters. The lowest BCUT2D eigenvalue weighted by Crippen LogP contribution is -2.43. The predicted molar refractivity (Wildman–Crippen MR) is 75.1 cm³/mol. The molecule has 0 radical (unpaired) electrons. The van der Waals surface area contributed by atoms with Crippen LogP contribution in [0.25, 0.3) is 0 Å². The van der Waals surface area contributed by atoms with Gasteiger partial charge in [-0.15, -0.1) is 0 Å². The molecule has 1 N–H and O–H groups in total. The summed E-state index contributed by atoms with van der Waals surface area (Å²) in [5.41, 5.74) is 0.614. The van der Waals surface area contributed by atoms with Crippen LogP contribution in [0.15, 0.2) is 12.3 Å². The topological polar surface area (TPSA) is 47.3 Å². The summed E-state index contributed by atoms with van der Waals surface area (Å²) >= 11 is 0. The molecular formula is C15H26N2O2. The van der Waals surface area contributed by atoms with Crippen LogP contribution in [-0.2, 0) is 11.2 Å². The van der Waals surface area contributed by atoms with Gasteiger partial charge in [0.2, 0.25) is 0 Å². The minimum atomic E-state index is -0.453. The Morgan fingerprint density at radius 2 is 2.11 bits per heavy atom. The van der Waals surface area contributed by atoms with E-state index in [2.05, 4.69) is 18.9 Å². The van der Waals surface area contributed by atoms with Crippen molar-refractivity contribution >= 4 is 0 Å². The molecule has 1 saturated carbocycles. The molecule has 4 heteroatoms. The number of nitrogens with zero attached hydrogens (tertiary/aromatic N) is 2. The van der Waals surface area contributed by atoms with Crippen molar-refractivity contribution < 1.29 is 9.84 Å². The highest BCUT2D eigenvalue weighted by Crippen LogP contribution is 2.37. The zero-order chi connectivity index (χ0) is 13.9. The highest BCUT2D eigenvalue weighted by Gasteiger charge is 2.41. The molecule has 2 rings (SSSR count). The average molecular weight is 266 g/mol. The van der Waals surface area contributed by atoms with Crippen molar-refractivity contribution in [3.05, 3.63) is 18.0 Å². The highest BCUT2D eigenvalue weighted by molar-refractivity contribution is 5.05. The average Bonchev–Trinajstić information content (AvgIpc) is 2.99. The standard InChI is InChI=1S/C15H26N2O2/c1-4-19-15(8-5-6-9-15)14(18)11-13-7-10-17(16-13)12(2)3/h7,10,12,14,18H,4-6,8-9,11H2,1-3H3. The minimum absolute atomic E-state index is 0.337. The molecule has 0 amide bonds. The quantitative estimate of drug-likeness (QED) is 0.861. The molecule has 0 aromatic carbocycles. The van der Waals surface area contributed by atoms with E-state index in [4.69, 9.17) is 4.74 Å². The van der Waals surface area contributed by atoms with Gasteiger partial charge in [-0.25, -0.2) is 0 Å². The van der Waals surface area contributed by atoms with Gasteiger partial charge < -0.3 is 9.84 Å². The summed E-state index contributed by atoms with van der Waals surface area (Å²) in [6.07, 6.45) is 6.34. The fourth-order valence-corrected chi connectivity index (χ4v) is 2.99. The van der Waals surface area contributed by atoms with Gasteiger partial charge in [0.05, 0.1) is 17.4 Å². The van der Waals surface area contributed by atoms with Crippen LogP contribution < -0.4 is 0 Å². The zero-order valence-corrected chi connectivity index (χ0v) is 12.3. The maximum atomic E-state index is 10.6. The van der Waals surface area contributed by atoms with Crippen molar-refractivity contribution in [2.75, 3.05) is 6.61 Å². The molecule has 0 bridgehead atoms. The van der Waals surface area contributed by atoms with Gasteiger partial charge in [-0.2, -0.15) is 5.10 Å². The van der Waals surface area contributed by atoms with E-state index >= 15 is 0 Å². The van der Waals surface area contributed by atoms with Gasteiger partial charge in [-0.05, 0) is 39.7 Å². The van der Waals surface area contributed by atoms with E-state index in [1.54, 1.807) is 0 Å². The number of hydrogen-bond donors (Lipinski definition) is 1. The Bertz CT molecular complexity index is 395. The van der Waals surface area contributed by atoms with Gasteiger partial charge in [0, 0.05) is 25.3 Å². The Morgan fingerprint density at radius 1 is 1.42 bits per heavy atom. The summed E-state index contributed by atoms with van der Waals surface area (Å²) in [5, 5.41) is 15.1. The number of aliphatic hydroxyl groups is 1. The maximum absolute atomic E-state index is 10.6. The first-order chi connectivity index (χ1) is 9.07. The van der Waals surface area contributed by atoms with E-state index in [1.165, 1.54) is 0 Å². The van der Waals surface area contributed by atoms with Gasteiger partial charge in [0.25, 0.3) is 0 Å². The first-order valence-corrected chi connectivity index (χ1v) is 7.43. The van der Waals surface area contributed by atoms with Gasteiger partial charge in [0.15, 0.2) is 0 Å². The van der Waals surface area contributed by atoms with Gasteiger partial charge >= 0.3 is 0 Å². The fourth-order valence-electron chi connectivity index (χ4n) is 2.99. The van der Waals surface area contributed by atoms with Crippen molar-refractivity contribution in [3.8, 4) is 0 Å². The lowest BCUT2D eigenvalue weighted by atomic mass is 9.91. The molecule has 0 aliphatic heterocycles. The Balaban J connectivity index is 2.03. The van der Waals surface area contributed by atoms with E-state index in [-0.39, 0.29) is 5.60 Å². The van der Waals surface area contributed by atoms with E-state index < -0.39 is 6.10 Å². The molecule has 1 heterocycles. The van der Waals surface area contributed by atoms with Crippen LogP contribution >= 0.6 is 0 Å². The molecule has 1 aliphatic rings. The van der Waals surface area contributed by atoms with Crippen LogP contribution in [-0.4, -0.2) is 33.2 Å². The molecule has 0 saturated heterocycles. The minimum Gasteiger partial charge on any atom is -0.390 e. The normalized spacial score (nSPS) is 20.1. The molecule has 1 unspecified atom stereocenters. The van der Waals surface area contributed by atoms with Crippen molar-refractivity contribution in [3.63, 3.8) is 0 Å². The second-order valence-corrected chi connectivity index (χ2v) is 5.81. The van der Waals surface area contributed by atoms with E-state index in [0.29, 0.717) is 19.1 Å². The Hall–Kier alpha value is -0.870. The molecule has 1 aliphatic carbocycles. The third-order valence-corrected chi connectivity index (χ3v) is 4.08. The number of aromatic nitrogens is 2. The van der Waals surface area contributed by atoms with Crippen LogP contribution in [0.3, 0.4) is 0 Å². The molecule has 1 fully saturated rings. The SMILES string of the molecule is CCOC1(C(O)Cc2ccn(C(C)C)n2)CCCC1. The summed E-state index contributed by atoms with van der Waals surface area (Å²) in [7, 11) is 0. The second kappa shape index (κ2) is 6.06. The monoisotopic (exact) mass is 266 g/mol. The number of aliphatic hydroxyl groups excluding tert-OH is 1. The lowest BCUT2D eigenvalue weighted by molar-refractivity contribution is -0.115. The number of ether oxygens (including phenoxy) is 1. The van der Waals surface area contributed by atoms with Crippen molar-refractivity contribution in [1.29, 1.82) is 0 Å². The summed E-state index contributed by atoms with van der Waals surface area (Å²) in [4.78, 5) is 0. The van der Waals surface area contributed by atoms with Gasteiger partial charge in [-0.1, -0.05) is 12.8 Å². The van der Waals surface area contributed by atoms with Gasteiger partial charge in [0.1, 0.15) is 0 Å². The molecule has 19 heavy (non-hydrogen) atoms. The van der Waals surface area contributed by atoms with Crippen LogP contribution in [0, 0.1) is 0 Å². The molecule has 1 aromatic heterocycles. The summed E-state index contributed by atoms with van der Waals surface area (Å²) in [5.74, 6) is 0. The van der Waals surface area contributed by atoms with Crippen LogP contribution in [0.4, 0.5) is 0 Å². The molecule has 4 nitrogen and oxygen atoms in total. The van der Waals surface area contributed by atoms with Crippen LogP contribution in [0.5, 0.6) is 0 Å². The van der Waals surface area contributed by atoms with E-state index in [1.807, 2.05) is 23.9 Å². The van der Waals surface area contributed by atoms with Crippen molar-refractivity contribution in [2.45, 2.75) is 70.6 Å². The highest BCUT2D eigenvalue weighted by atomic mass is 16.5. The number of rotatable bonds is 6. The molecule has 0 spiro atoms. The molecule has 108 valence electrons. The smallest absolute Gasteiger partial charge is 0.0943 e. The lowest BCUT2D eigenvalue weighted by Gasteiger charge is -2.33. The summed E-state index contributed by atoms with van der Waals surface area (Å²) < 4.78 is 7.83. The van der Waals surface area contributed by atoms with Crippen molar-refractivity contribution in [1.82, 2.24) is 9.78 Å². The Labute approximate surface area is 115 Å². The fraction of sp³-hybridized carbons (Fsp3) is 0.800. The summed E-state index contributed by atoms with van der Waals surface area (Å²) in [6.45, 7) is 6.87. The van der Waals surface area contributed by atoms with Gasteiger partial charge in [-0.3, -0.25) is 4.68 Å².